The van der Waals surface area contributed by atoms with Crippen LogP contribution in [0.3, 0.4) is 0 Å². The summed E-state index contributed by atoms with van der Waals surface area (Å²) in [6.07, 6.45) is 1.42. The van der Waals surface area contributed by atoms with Gasteiger partial charge in [0.25, 0.3) is 23.6 Å². The van der Waals surface area contributed by atoms with E-state index in [1.165, 1.54) is 6.42 Å². The molecule has 2 N–H and O–H groups in total. The molecule has 0 radical (unpaired) electrons. The smallest absolute Gasteiger partial charge is 0.261 e. The summed E-state index contributed by atoms with van der Waals surface area (Å²) in [4.78, 5) is 70.5. The highest BCUT2D eigenvalue weighted by Crippen LogP contribution is 2.24. The highest BCUT2D eigenvalue weighted by Gasteiger charge is 2.38. The molecular weight excluding hydrogens is 504 g/mol. The first kappa shape index (κ1) is 33.0. The van der Waals surface area contributed by atoms with Crippen LogP contribution >= 0.6 is 0 Å². The van der Waals surface area contributed by atoms with E-state index in [0.717, 1.165) is 16.9 Å². The minimum atomic E-state index is -1.05. The fourth-order valence-corrected chi connectivity index (χ4v) is 3.89. The molecule has 2 aliphatic rings. The summed E-state index contributed by atoms with van der Waals surface area (Å²) >= 11 is 0. The van der Waals surface area contributed by atoms with Gasteiger partial charge in [0.1, 0.15) is 12.6 Å². The number of aliphatic hydroxyl groups excluding tert-OH is 2. The maximum atomic E-state index is 12.1. The molecule has 2 atom stereocenters. The van der Waals surface area contributed by atoms with Crippen molar-refractivity contribution in [1.29, 1.82) is 0 Å². The number of nitrogens with zero attached hydrogens (tertiary/aromatic N) is 2. The number of carbonyl (C=O) groups is 6. The predicted molar refractivity (Wildman–Crippen MR) is 144 cm³/mol. The van der Waals surface area contributed by atoms with Crippen LogP contribution in [0.5, 0.6) is 0 Å². The number of aliphatic hydroxyl groups is 2. The zero-order valence-corrected chi connectivity index (χ0v) is 22.9. The predicted octanol–water partition coefficient (Wildman–Crippen LogP) is 2.62. The molecule has 10 nitrogen and oxygen atoms in total. The first-order chi connectivity index (χ1) is 18.6. The van der Waals surface area contributed by atoms with Gasteiger partial charge in [-0.2, -0.15) is 0 Å². The van der Waals surface area contributed by atoms with Gasteiger partial charge in [0.2, 0.25) is 0 Å². The largest absolute Gasteiger partial charge is 0.400 e. The van der Waals surface area contributed by atoms with E-state index in [9.17, 15) is 33.9 Å². The van der Waals surface area contributed by atoms with Gasteiger partial charge in [-0.25, -0.2) is 0 Å². The molecule has 2 heterocycles. The molecule has 0 aliphatic carbocycles. The number of fused-ring (bicyclic) bond motifs is 2. The lowest BCUT2D eigenvalue weighted by atomic mass is 9.91. The van der Waals surface area contributed by atoms with E-state index < -0.39 is 35.7 Å². The molecule has 2 aromatic rings. The van der Waals surface area contributed by atoms with Crippen LogP contribution in [0.4, 0.5) is 0 Å². The summed E-state index contributed by atoms with van der Waals surface area (Å²) in [5, 5.41) is 17.1. The number of imide groups is 2. The van der Waals surface area contributed by atoms with Crippen molar-refractivity contribution in [3.05, 3.63) is 70.8 Å². The van der Waals surface area contributed by atoms with Gasteiger partial charge in [-0.1, -0.05) is 58.4 Å². The van der Waals surface area contributed by atoms with Crippen LogP contribution in [-0.4, -0.2) is 82.5 Å². The second-order valence-electron chi connectivity index (χ2n) is 8.93. The van der Waals surface area contributed by atoms with Gasteiger partial charge in [0.15, 0.2) is 0 Å². The highest BCUT2D eigenvalue weighted by molar-refractivity contribution is 6.22. The van der Waals surface area contributed by atoms with E-state index >= 15 is 0 Å². The Bertz CT molecular complexity index is 1110. The van der Waals surface area contributed by atoms with Crippen LogP contribution in [-0.2, 0) is 9.59 Å². The van der Waals surface area contributed by atoms with Gasteiger partial charge < -0.3 is 19.8 Å². The normalized spacial score (nSPS) is 14.7. The van der Waals surface area contributed by atoms with Crippen molar-refractivity contribution in [3.63, 3.8) is 0 Å². The van der Waals surface area contributed by atoms with Crippen molar-refractivity contribution in [2.75, 3.05) is 20.2 Å². The molecule has 4 amide bonds. The first-order valence-corrected chi connectivity index (χ1v) is 12.6. The van der Waals surface area contributed by atoms with Crippen LogP contribution in [0, 0.1) is 11.8 Å². The average Bonchev–Trinajstić information content (AvgIpc) is 3.32. The van der Waals surface area contributed by atoms with Crippen molar-refractivity contribution in [2.45, 2.75) is 40.2 Å². The number of amides is 4. The SMILES string of the molecule is CC(C)[C@H](C=O)[C@@H](O)CN1C(=O)c2ccccc2C1=O.CCC.CO.O=CCN1C(=O)c2ccccc2C1=O. The molecule has 10 heteroatoms. The highest BCUT2D eigenvalue weighted by atomic mass is 16.3. The molecule has 39 heavy (non-hydrogen) atoms. The third kappa shape index (κ3) is 7.75. The molecule has 0 fully saturated rings. The Balaban J connectivity index is 0.000000349. The van der Waals surface area contributed by atoms with Crippen LogP contribution < -0.4 is 0 Å². The van der Waals surface area contributed by atoms with Crippen molar-refractivity contribution in [3.8, 4) is 0 Å². The average molecular weight is 541 g/mol. The van der Waals surface area contributed by atoms with Crippen molar-refractivity contribution >= 4 is 36.2 Å². The Morgan fingerprint density at radius 2 is 1.05 bits per heavy atom. The van der Waals surface area contributed by atoms with Gasteiger partial charge in [0.05, 0.1) is 41.4 Å². The third-order valence-electron chi connectivity index (χ3n) is 5.75. The first-order valence-electron chi connectivity index (χ1n) is 12.6. The molecule has 4 rings (SSSR count). The van der Waals surface area contributed by atoms with Crippen LogP contribution in [0.15, 0.2) is 48.5 Å². The van der Waals surface area contributed by atoms with E-state index in [-0.39, 0.29) is 19.0 Å². The fourth-order valence-electron chi connectivity index (χ4n) is 3.89. The van der Waals surface area contributed by atoms with E-state index in [4.69, 9.17) is 5.11 Å². The number of rotatable bonds is 7. The topological polar surface area (TPSA) is 149 Å². The van der Waals surface area contributed by atoms with E-state index in [0.29, 0.717) is 34.8 Å². The molecule has 210 valence electrons. The molecule has 2 aliphatic heterocycles. The summed E-state index contributed by atoms with van der Waals surface area (Å²) in [6, 6.07) is 13.1. The maximum Gasteiger partial charge on any atom is 0.261 e. The standard InChI is InChI=1S/C15H17NO4.C10H7NO3.C3H8.CH4O/c1-9(2)12(8-17)13(18)7-16-14(19)10-5-3-4-6-11(10)15(16)20;12-6-5-11-9(13)7-3-1-2-4-8(7)10(11)14;1-3-2;1-2/h3-6,8-9,12-13,18H,7H2,1-2H3;1-4,6H,5H2;3H2,1-2H3;2H,1H3/t12-,13-;;;/m0.../s1. The third-order valence-corrected chi connectivity index (χ3v) is 5.75. The van der Waals surface area contributed by atoms with Crippen LogP contribution in [0.2, 0.25) is 0 Å². The Morgan fingerprint density at radius 3 is 1.33 bits per heavy atom. The number of hydrogen-bond donors (Lipinski definition) is 2. The summed E-state index contributed by atoms with van der Waals surface area (Å²) in [5.41, 5.74) is 1.44. The lowest BCUT2D eigenvalue weighted by Gasteiger charge is -2.24. The number of benzene rings is 2. The van der Waals surface area contributed by atoms with E-state index in [2.05, 4.69) is 13.8 Å². The summed E-state index contributed by atoms with van der Waals surface area (Å²) in [5.74, 6) is -2.27. The summed E-state index contributed by atoms with van der Waals surface area (Å²) in [6.45, 7) is 7.54. The van der Waals surface area contributed by atoms with Gasteiger partial charge >= 0.3 is 0 Å². The lowest BCUT2D eigenvalue weighted by molar-refractivity contribution is -0.116. The zero-order chi connectivity index (χ0) is 29.7. The van der Waals surface area contributed by atoms with Crippen molar-refractivity contribution in [2.24, 2.45) is 11.8 Å². The number of hydrogen-bond acceptors (Lipinski definition) is 8. The van der Waals surface area contributed by atoms with Crippen LogP contribution in [0.1, 0.15) is 75.5 Å². The quantitative estimate of drug-likeness (QED) is 0.402. The van der Waals surface area contributed by atoms with Crippen LogP contribution in [0.25, 0.3) is 0 Å². The second-order valence-corrected chi connectivity index (χ2v) is 8.93. The summed E-state index contributed by atoms with van der Waals surface area (Å²) < 4.78 is 0. The molecule has 0 aromatic heterocycles. The molecule has 0 saturated heterocycles. The van der Waals surface area contributed by atoms with Gasteiger partial charge in [0, 0.05) is 13.0 Å². The minimum absolute atomic E-state index is 0.0577. The minimum Gasteiger partial charge on any atom is -0.400 e. The number of β-amino-alcohol motifs (C(OH)–C–C–N with tert-alkyl or cyclic N) is 1. The van der Waals surface area contributed by atoms with Gasteiger partial charge in [-0.15, -0.1) is 0 Å². The fraction of sp³-hybridized carbons (Fsp3) is 0.379. The van der Waals surface area contributed by atoms with Crippen molar-refractivity contribution in [1.82, 2.24) is 9.80 Å². The Kier molecular flexibility index (Phi) is 13.6. The summed E-state index contributed by atoms with van der Waals surface area (Å²) in [7, 11) is 1.00. The Morgan fingerprint density at radius 1 is 0.718 bits per heavy atom. The Labute approximate surface area is 228 Å². The maximum absolute atomic E-state index is 12.1. The molecular formula is C29H36N2O8. The molecule has 0 bridgehead atoms. The van der Waals surface area contributed by atoms with E-state index in [1.54, 1.807) is 48.5 Å². The monoisotopic (exact) mass is 540 g/mol. The molecule has 0 saturated carbocycles. The Hall–Kier alpha value is -4.02. The van der Waals surface area contributed by atoms with Gasteiger partial charge in [-0.05, 0) is 30.2 Å². The second kappa shape index (κ2) is 16.1. The zero-order valence-electron chi connectivity index (χ0n) is 22.9. The van der Waals surface area contributed by atoms with Gasteiger partial charge in [-0.3, -0.25) is 29.0 Å². The number of carbonyl (C=O) groups excluding carboxylic acids is 6. The number of aldehydes is 2. The van der Waals surface area contributed by atoms with Crippen molar-refractivity contribution < 1.29 is 39.0 Å². The molecule has 2 aromatic carbocycles. The molecule has 0 spiro atoms. The lowest BCUT2D eigenvalue weighted by Crippen LogP contribution is -2.41. The molecule has 0 unspecified atom stereocenters. The van der Waals surface area contributed by atoms with E-state index in [1.807, 2.05) is 13.8 Å².